The van der Waals surface area contributed by atoms with Crippen LogP contribution in [-0.2, 0) is 0 Å². The van der Waals surface area contributed by atoms with Gasteiger partial charge in [0, 0.05) is 28.4 Å². The third-order valence-electron chi connectivity index (χ3n) is 10.0. The van der Waals surface area contributed by atoms with Gasteiger partial charge in [-0.05, 0) is 87.0 Å². The minimum absolute atomic E-state index is 0.132. The quantitative estimate of drug-likeness (QED) is 0.143. The first-order valence-corrected chi connectivity index (χ1v) is 17.1. The van der Waals surface area contributed by atoms with Crippen LogP contribution in [0.5, 0.6) is 0 Å². The first kappa shape index (κ1) is 30.9. The van der Waals surface area contributed by atoms with Crippen molar-refractivity contribution < 1.29 is 0 Å². The van der Waals surface area contributed by atoms with Crippen molar-refractivity contribution in [3.05, 3.63) is 224 Å². The van der Waals surface area contributed by atoms with Crippen LogP contribution in [0, 0.1) is 0 Å². The van der Waals surface area contributed by atoms with Crippen molar-refractivity contribution in [3.8, 4) is 16.8 Å². The molecule has 2 aliphatic rings. The fraction of sp³-hybridized carbons (Fsp3) is 0.0417. The van der Waals surface area contributed by atoms with Crippen molar-refractivity contribution in [1.29, 1.82) is 0 Å². The second kappa shape index (κ2) is 12.9. The van der Waals surface area contributed by atoms with E-state index in [0.717, 1.165) is 33.7 Å². The van der Waals surface area contributed by atoms with E-state index in [4.69, 9.17) is 0 Å². The molecular formula is C48H38N2. The maximum atomic E-state index is 4.35. The average Bonchev–Trinajstić information content (AvgIpc) is 3.69. The zero-order valence-corrected chi connectivity index (χ0v) is 28.0. The van der Waals surface area contributed by atoms with Gasteiger partial charge in [0.25, 0.3) is 0 Å². The van der Waals surface area contributed by atoms with E-state index in [-0.39, 0.29) is 12.0 Å². The topological polar surface area (TPSA) is 8.17 Å². The van der Waals surface area contributed by atoms with E-state index < -0.39 is 0 Å². The molecule has 1 aromatic heterocycles. The minimum atomic E-state index is 0.132. The fourth-order valence-corrected chi connectivity index (χ4v) is 7.72. The van der Waals surface area contributed by atoms with Crippen LogP contribution in [0.4, 0.5) is 11.4 Å². The molecule has 8 rings (SSSR count). The van der Waals surface area contributed by atoms with Gasteiger partial charge in [-0.25, -0.2) is 0 Å². The molecule has 240 valence electrons. The maximum absolute atomic E-state index is 4.35. The summed E-state index contributed by atoms with van der Waals surface area (Å²) in [4.78, 5) is 2.50. The molecule has 1 aliphatic heterocycles. The Labute approximate surface area is 295 Å². The third kappa shape index (κ3) is 5.14. The van der Waals surface area contributed by atoms with Crippen LogP contribution in [0.1, 0.15) is 28.3 Å². The number of hydrogen-bond donors (Lipinski definition) is 0. The summed E-state index contributed by atoms with van der Waals surface area (Å²) in [6, 6.07) is 46.2. The summed E-state index contributed by atoms with van der Waals surface area (Å²) in [6.45, 7) is 16.3. The van der Waals surface area contributed by atoms with E-state index in [1.165, 1.54) is 44.5 Å². The van der Waals surface area contributed by atoms with Crippen LogP contribution in [-0.4, -0.2) is 10.6 Å². The number of para-hydroxylation sites is 2. The Kier molecular flexibility index (Phi) is 7.98. The second-order valence-corrected chi connectivity index (χ2v) is 12.8. The van der Waals surface area contributed by atoms with Crippen molar-refractivity contribution >= 4 is 33.9 Å². The number of rotatable bonds is 9. The molecule has 0 radical (unpaired) electrons. The predicted molar refractivity (Wildman–Crippen MR) is 214 cm³/mol. The lowest BCUT2D eigenvalue weighted by Crippen LogP contribution is -2.30. The molecule has 0 amide bonds. The first-order chi connectivity index (χ1) is 24.6. The first-order valence-electron chi connectivity index (χ1n) is 17.1. The van der Waals surface area contributed by atoms with Crippen LogP contribution >= 0.6 is 0 Å². The highest BCUT2D eigenvalue weighted by atomic mass is 15.2. The van der Waals surface area contributed by atoms with Gasteiger partial charge in [-0.3, -0.25) is 0 Å². The highest BCUT2D eigenvalue weighted by Crippen LogP contribution is 2.54. The summed E-state index contributed by atoms with van der Waals surface area (Å²) in [7, 11) is 0. The highest BCUT2D eigenvalue weighted by molar-refractivity contribution is 5.94. The molecule has 6 aromatic rings. The second-order valence-electron chi connectivity index (χ2n) is 12.8. The van der Waals surface area contributed by atoms with Gasteiger partial charge in [-0.15, -0.1) is 0 Å². The monoisotopic (exact) mass is 642 g/mol. The maximum Gasteiger partial charge on any atom is 0.0637 e. The summed E-state index contributed by atoms with van der Waals surface area (Å²) in [5.74, 6) is 0.177. The molecule has 1 aliphatic carbocycles. The predicted octanol–water partition coefficient (Wildman–Crippen LogP) is 12.4. The van der Waals surface area contributed by atoms with E-state index >= 15 is 0 Å². The van der Waals surface area contributed by atoms with Gasteiger partial charge < -0.3 is 9.47 Å². The molecule has 2 heterocycles. The summed E-state index contributed by atoms with van der Waals surface area (Å²) in [5, 5.41) is 1.30. The van der Waals surface area contributed by atoms with E-state index in [9.17, 15) is 0 Å². The molecule has 0 saturated heterocycles. The largest absolute Gasteiger partial charge is 0.333 e. The molecular weight excluding hydrogens is 605 g/mol. The number of fused-ring (bicyclic) bond motifs is 7. The van der Waals surface area contributed by atoms with Crippen molar-refractivity contribution in [1.82, 2.24) is 4.57 Å². The van der Waals surface area contributed by atoms with E-state index in [2.05, 4.69) is 175 Å². The van der Waals surface area contributed by atoms with Gasteiger partial charge in [-0.1, -0.05) is 154 Å². The zero-order chi connectivity index (χ0) is 34.2. The molecule has 2 nitrogen and oxygen atoms in total. The van der Waals surface area contributed by atoms with Crippen molar-refractivity contribution in [2.45, 2.75) is 12.0 Å². The molecule has 0 bridgehead atoms. The van der Waals surface area contributed by atoms with Crippen LogP contribution < -0.4 is 4.90 Å². The number of nitrogens with zero attached hydrogens (tertiary/aromatic N) is 2. The summed E-state index contributed by atoms with van der Waals surface area (Å²) < 4.78 is 2.44. The molecule has 50 heavy (non-hydrogen) atoms. The third-order valence-corrected chi connectivity index (χ3v) is 10.0. The lowest BCUT2D eigenvalue weighted by Gasteiger charge is -2.31. The Bertz CT molecular complexity index is 2380. The molecule has 2 unspecified atom stereocenters. The summed E-state index contributed by atoms with van der Waals surface area (Å²) in [5.41, 5.74) is 15.0. The van der Waals surface area contributed by atoms with E-state index in [1.807, 2.05) is 18.2 Å². The molecule has 5 aromatic carbocycles. The van der Waals surface area contributed by atoms with Crippen LogP contribution in [0.2, 0.25) is 0 Å². The molecule has 0 N–H and O–H groups in total. The van der Waals surface area contributed by atoms with Crippen molar-refractivity contribution in [2.24, 2.45) is 0 Å². The zero-order valence-electron chi connectivity index (χ0n) is 28.0. The lowest BCUT2D eigenvalue weighted by atomic mass is 9.82. The average molecular weight is 643 g/mol. The Morgan fingerprint density at radius 3 is 2.10 bits per heavy atom. The van der Waals surface area contributed by atoms with E-state index in [1.54, 1.807) is 12.2 Å². The molecule has 0 fully saturated rings. The Balaban J connectivity index is 1.20. The number of aromatic nitrogens is 1. The molecule has 0 saturated carbocycles. The highest BCUT2D eigenvalue weighted by Gasteiger charge is 2.43. The van der Waals surface area contributed by atoms with Crippen LogP contribution in [0.25, 0.3) is 39.4 Å². The summed E-state index contributed by atoms with van der Waals surface area (Å²) >= 11 is 0. The van der Waals surface area contributed by atoms with Gasteiger partial charge in [0.1, 0.15) is 0 Å². The molecule has 2 heteroatoms. The van der Waals surface area contributed by atoms with Crippen molar-refractivity contribution in [2.75, 3.05) is 4.90 Å². The van der Waals surface area contributed by atoms with Crippen LogP contribution in [0.3, 0.4) is 0 Å². The Hall–Kier alpha value is -6.38. The SMILES string of the molecule is C=C/C=C\C(=C)C(=C)/C(=C\C=C)c1ccc(N2c3ccccc3C3c4c(n(-c5ccc(-c6ccccc6)cc5)c5ccccc45)C=CC32)cc1. The standard InChI is InChI=1S/C48H38N2/c1-5-7-16-33(3)34(4)40(15-6-2)37-25-29-39(30-26-37)50-44-22-14-12-20-42(44)48-46(50)32-31-45-47(48)41-19-11-13-21-43(41)49(45)38-27-23-36(24-28-38)35-17-9-8-10-18-35/h5-32,46,48H,1-4H2/b16-7-,40-15+. The number of anilines is 2. The number of allylic oxidation sites excluding steroid dienone is 8. The minimum Gasteiger partial charge on any atom is -0.333 e. The molecule has 2 atom stereocenters. The van der Waals surface area contributed by atoms with Crippen molar-refractivity contribution in [3.63, 3.8) is 0 Å². The summed E-state index contributed by atoms with van der Waals surface area (Å²) in [6.07, 6.45) is 14.1. The fourth-order valence-electron chi connectivity index (χ4n) is 7.72. The Morgan fingerprint density at radius 1 is 0.660 bits per heavy atom. The van der Waals surface area contributed by atoms with Crippen LogP contribution in [0.15, 0.2) is 201 Å². The van der Waals surface area contributed by atoms with Gasteiger partial charge in [-0.2, -0.15) is 0 Å². The lowest BCUT2D eigenvalue weighted by molar-refractivity contribution is 0.725. The molecule has 0 spiro atoms. The van der Waals surface area contributed by atoms with Gasteiger partial charge in [0.15, 0.2) is 0 Å². The van der Waals surface area contributed by atoms with E-state index in [0.29, 0.717) is 0 Å². The van der Waals surface area contributed by atoms with Gasteiger partial charge >= 0.3 is 0 Å². The van der Waals surface area contributed by atoms with Gasteiger partial charge in [0.2, 0.25) is 0 Å². The number of hydrogen-bond acceptors (Lipinski definition) is 1. The number of benzene rings is 5. The Morgan fingerprint density at radius 2 is 1.34 bits per heavy atom. The smallest absolute Gasteiger partial charge is 0.0637 e. The normalized spacial score (nSPS) is 16.2. The van der Waals surface area contributed by atoms with Gasteiger partial charge in [0.05, 0.1) is 17.3 Å².